The second-order valence-corrected chi connectivity index (χ2v) is 6.06. The van der Waals surface area contributed by atoms with E-state index in [1.807, 2.05) is 13.8 Å². The molecule has 1 aliphatic carbocycles. The van der Waals surface area contributed by atoms with Crippen molar-refractivity contribution in [1.82, 2.24) is 0 Å². The molecule has 0 spiro atoms. The number of phenols is 1. The molecule has 0 amide bonds. The molecule has 1 aromatic rings. The summed E-state index contributed by atoms with van der Waals surface area (Å²) in [6, 6.07) is 2.10. The molecule has 0 radical (unpaired) electrons. The smallest absolute Gasteiger partial charge is 0.135 e. The Bertz CT molecular complexity index is 436. The van der Waals surface area contributed by atoms with Crippen molar-refractivity contribution in [1.29, 1.82) is 0 Å². The first-order valence-electron chi connectivity index (χ1n) is 6.24. The highest BCUT2D eigenvalue weighted by atomic mass is 79.9. The number of nitrogens with two attached hydrogens (primary N) is 1. The Labute approximate surface area is 111 Å². The molecular formula is C14H20BrNO. The number of rotatable bonds is 1. The van der Waals surface area contributed by atoms with Gasteiger partial charge >= 0.3 is 0 Å². The summed E-state index contributed by atoms with van der Waals surface area (Å²) in [5.41, 5.74) is 9.28. The van der Waals surface area contributed by atoms with Gasteiger partial charge in [-0.15, -0.1) is 0 Å². The number of phenolic OH excluding ortho intramolecular Hbond substituents is 1. The van der Waals surface area contributed by atoms with Crippen LogP contribution in [0.5, 0.6) is 5.75 Å². The minimum absolute atomic E-state index is 0.340. The monoisotopic (exact) mass is 297 g/mol. The lowest BCUT2D eigenvalue weighted by Crippen LogP contribution is -2.39. The minimum Gasteiger partial charge on any atom is -0.506 e. The zero-order valence-electron chi connectivity index (χ0n) is 10.5. The van der Waals surface area contributed by atoms with Crippen LogP contribution in [0.3, 0.4) is 0 Å². The topological polar surface area (TPSA) is 46.2 Å². The second-order valence-electron chi connectivity index (χ2n) is 5.26. The molecule has 0 atom stereocenters. The Morgan fingerprint density at radius 3 is 2.35 bits per heavy atom. The summed E-state index contributed by atoms with van der Waals surface area (Å²) in [6.45, 7) is 4.03. The molecule has 1 fully saturated rings. The van der Waals surface area contributed by atoms with E-state index in [1.165, 1.54) is 6.42 Å². The number of halogens is 1. The summed E-state index contributed by atoms with van der Waals surface area (Å²) in [5, 5.41) is 10.3. The number of aryl methyl sites for hydroxylation is 2. The van der Waals surface area contributed by atoms with E-state index in [1.54, 1.807) is 0 Å². The molecule has 1 aliphatic rings. The molecule has 0 aliphatic heterocycles. The molecule has 2 rings (SSSR count). The predicted molar refractivity (Wildman–Crippen MR) is 74.2 cm³/mol. The van der Waals surface area contributed by atoms with E-state index in [9.17, 15) is 5.11 Å². The lowest BCUT2D eigenvalue weighted by molar-refractivity contribution is 0.290. The zero-order chi connectivity index (χ0) is 12.6. The number of hydrogen-bond acceptors (Lipinski definition) is 2. The van der Waals surface area contributed by atoms with Crippen molar-refractivity contribution in [2.24, 2.45) is 5.73 Å². The van der Waals surface area contributed by atoms with Crippen LogP contribution in [0.2, 0.25) is 0 Å². The number of hydrogen-bond donors (Lipinski definition) is 2. The van der Waals surface area contributed by atoms with Gasteiger partial charge in [-0.1, -0.05) is 25.3 Å². The largest absolute Gasteiger partial charge is 0.506 e. The maximum Gasteiger partial charge on any atom is 0.135 e. The van der Waals surface area contributed by atoms with Crippen LogP contribution < -0.4 is 5.73 Å². The van der Waals surface area contributed by atoms with E-state index in [2.05, 4.69) is 22.0 Å². The Balaban J connectivity index is 2.54. The Morgan fingerprint density at radius 1 is 1.18 bits per heavy atom. The summed E-state index contributed by atoms with van der Waals surface area (Å²) in [7, 11) is 0. The van der Waals surface area contributed by atoms with Crippen LogP contribution in [-0.2, 0) is 5.54 Å². The second kappa shape index (κ2) is 4.62. The van der Waals surface area contributed by atoms with Crippen molar-refractivity contribution in [3.8, 4) is 5.75 Å². The summed E-state index contributed by atoms with van der Waals surface area (Å²) < 4.78 is 0.786. The van der Waals surface area contributed by atoms with Gasteiger partial charge in [0.2, 0.25) is 0 Å². The Morgan fingerprint density at radius 2 is 1.76 bits per heavy atom. The molecule has 0 bridgehead atoms. The highest BCUT2D eigenvalue weighted by Gasteiger charge is 2.34. The molecular weight excluding hydrogens is 278 g/mol. The molecule has 17 heavy (non-hydrogen) atoms. The fraction of sp³-hybridized carbons (Fsp3) is 0.571. The summed E-state index contributed by atoms with van der Waals surface area (Å²) in [4.78, 5) is 0. The van der Waals surface area contributed by atoms with E-state index in [0.29, 0.717) is 5.75 Å². The van der Waals surface area contributed by atoms with Crippen LogP contribution >= 0.6 is 15.9 Å². The molecule has 1 aromatic carbocycles. The molecule has 0 heterocycles. The van der Waals surface area contributed by atoms with Gasteiger partial charge in [-0.05, 0) is 53.7 Å². The van der Waals surface area contributed by atoms with E-state index < -0.39 is 0 Å². The number of benzene rings is 1. The van der Waals surface area contributed by atoms with Crippen molar-refractivity contribution < 1.29 is 5.11 Å². The van der Waals surface area contributed by atoms with Crippen LogP contribution in [0, 0.1) is 13.8 Å². The highest BCUT2D eigenvalue weighted by Crippen LogP contribution is 2.44. The maximum atomic E-state index is 10.3. The summed E-state index contributed by atoms with van der Waals surface area (Å²) >= 11 is 3.45. The molecule has 1 saturated carbocycles. The van der Waals surface area contributed by atoms with Gasteiger partial charge in [-0.25, -0.2) is 0 Å². The van der Waals surface area contributed by atoms with Gasteiger partial charge in [0.25, 0.3) is 0 Å². The maximum absolute atomic E-state index is 10.3. The SMILES string of the molecule is Cc1cc(C)c(C2(N)CCCCC2)c(O)c1Br. The van der Waals surface area contributed by atoms with Crippen molar-refractivity contribution in [3.05, 3.63) is 27.2 Å². The molecule has 3 N–H and O–H groups in total. The first-order valence-corrected chi connectivity index (χ1v) is 7.03. The van der Waals surface area contributed by atoms with Crippen LogP contribution in [0.4, 0.5) is 0 Å². The van der Waals surface area contributed by atoms with E-state index in [4.69, 9.17) is 5.73 Å². The van der Waals surface area contributed by atoms with Crippen molar-refractivity contribution in [2.75, 3.05) is 0 Å². The van der Waals surface area contributed by atoms with Crippen LogP contribution in [-0.4, -0.2) is 5.11 Å². The van der Waals surface area contributed by atoms with Gasteiger partial charge in [0, 0.05) is 11.1 Å². The van der Waals surface area contributed by atoms with Crippen LogP contribution in [0.1, 0.15) is 48.8 Å². The minimum atomic E-state index is -0.345. The van der Waals surface area contributed by atoms with Crippen molar-refractivity contribution in [3.63, 3.8) is 0 Å². The van der Waals surface area contributed by atoms with Crippen molar-refractivity contribution >= 4 is 15.9 Å². The average Bonchev–Trinajstić information content (AvgIpc) is 2.26. The number of aromatic hydroxyl groups is 1. The van der Waals surface area contributed by atoms with E-state index in [0.717, 1.165) is 46.8 Å². The first-order chi connectivity index (χ1) is 7.96. The third-order valence-corrected chi connectivity index (χ3v) is 4.86. The normalized spacial score (nSPS) is 19.3. The van der Waals surface area contributed by atoms with Gasteiger partial charge in [0.1, 0.15) is 5.75 Å². The zero-order valence-corrected chi connectivity index (χ0v) is 12.1. The molecule has 0 aromatic heterocycles. The molecule has 3 heteroatoms. The first kappa shape index (κ1) is 12.9. The van der Waals surface area contributed by atoms with Gasteiger partial charge in [0.05, 0.1) is 4.47 Å². The third-order valence-electron chi connectivity index (χ3n) is 3.86. The van der Waals surface area contributed by atoms with E-state index >= 15 is 0 Å². The highest BCUT2D eigenvalue weighted by molar-refractivity contribution is 9.10. The van der Waals surface area contributed by atoms with E-state index in [-0.39, 0.29) is 5.54 Å². The van der Waals surface area contributed by atoms with Crippen LogP contribution in [0.25, 0.3) is 0 Å². The van der Waals surface area contributed by atoms with Crippen molar-refractivity contribution in [2.45, 2.75) is 51.5 Å². The van der Waals surface area contributed by atoms with Gasteiger partial charge in [0.15, 0.2) is 0 Å². The van der Waals surface area contributed by atoms with Gasteiger partial charge in [-0.3, -0.25) is 0 Å². The lowest BCUT2D eigenvalue weighted by atomic mass is 9.75. The summed E-state index contributed by atoms with van der Waals surface area (Å²) in [6.07, 6.45) is 5.50. The molecule has 0 unspecified atom stereocenters. The average molecular weight is 298 g/mol. The third kappa shape index (κ3) is 2.23. The van der Waals surface area contributed by atoms with Gasteiger partial charge < -0.3 is 10.8 Å². The Kier molecular flexibility index (Phi) is 3.50. The quantitative estimate of drug-likeness (QED) is 0.826. The van der Waals surface area contributed by atoms with Crippen LogP contribution in [0.15, 0.2) is 10.5 Å². The fourth-order valence-corrected chi connectivity index (χ4v) is 3.32. The molecule has 94 valence electrons. The van der Waals surface area contributed by atoms with Gasteiger partial charge in [-0.2, -0.15) is 0 Å². The molecule has 2 nitrogen and oxygen atoms in total. The lowest BCUT2D eigenvalue weighted by Gasteiger charge is -2.36. The fourth-order valence-electron chi connectivity index (χ4n) is 3.00. The molecule has 0 saturated heterocycles. The standard InChI is InChI=1S/C14H20BrNO/c1-9-8-10(2)12(15)13(17)11(9)14(16)6-4-3-5-7-14/h8,17H,3-7,16H2,1-2H3. The Hall–Kier alpha value is -0.540. The predicted octanol–water partition coefficient (Wildman–Crippen LogP) is 3.89. The summed E-state index contributed by atoms with van der Waals surface area (Å²) in [5.74, 6) is 0.340.